The van der Waals surface area contributed by atoms with Gasteiger partial charge in [0.1, 0.15) is 0 Å². The monoisotopic (exact) mass is 477 g/mol. The first-order valence-electron chi connectivity index (χ1n) is 12.1. The van der Waals surface area contributed by atoms with Crippen LogP contribution in [0.5, 0.6) is 0 Å². The van der Waals surface area contributed by atoms with E-state index in [0.29, 0.717) is 19.2 Å². The van der Waals surface area contributed by atoms with E-state index in [1.54, 1.807) is 18.0 Å². The Hall–Kier alpha value is -2.71. The van der Waals surface area contributed by atoms with Gasteiger partial charge in [-0.3, -0.25) is 9.48 Å². The molecule has 34 heavy (non-hydrogen) atoms. The number of carbonyl (C=O) groups is 1. The molecule has 5 rings (SSSR count). The summed E-state index contributed by atoms with van der Waals surface area (Å²) in [5, 5.41) is 5.08. The second-order valence-electron chi connectivity index (χ2n) is 9.16. The molecule has 178 valence electrons. The van der Waals surface area contributed by atoms with Gasteiger partial charge in [-0.05, 0) is 61.9 Å². The number of likely N-dealkylation sites (tertiary alicyclic amines) is 1. The molecule has 0 N–H and O–H groups in total. The van der Waals surface area contributed by atoms with Crippen molar-refractivity contribution in [3.05, 3.63) is 71.3 Å². The minimum atomic E-state index is 0.0895. The maximum absolute atomic E-state index is 13.4. The van der Waals surface area contributed by atoms with Gasteiger partial charge >= 0.3 is 0 Å². The second-order valence-corrected chi connectivity index (χ2v) is 10.1. The average molecular weight is 478 g/mol. The van der Waals surface area contributed by atoms with Crippen molar-refractivity contribution in [2.45, 2.75) is 56.3 Å². The van der Waals surface area contributed by atoms with E-state index in [-0.39, 0.29) is 11.8 Å². The van der Waals surface area contributed by atoms with Gasteiger partial charge in [-0.25, -0.2) is 9.97 Å². The Labute approximate surface area is 204 Å². The number of carbonyl (C=O) groups excluding carboxylic acids is 1. The number of hydrogen-bond donors (Lipinski definition) is 0. The number of thioether (sulfide) groups is 1. The molecule has 3 aromatic rings. The lowest BCUT2D eigenvalue weighted by Crippen LogP contribution is -2.39. The highest BCUT2D eigenvalue weighted by Gasteiger charge is 2.28. The molecule has 0 saturated carbocycles. The van der Waals surface area contributed by atoms with Crippen molar-refractivity contribution >= 4 is 17.7 Å². The van der Waals surface area contributed by atoms with Gasteiger partial charge in [0, 0.05) is 55.5 Å². The number of aromatic nitrogens is 4. The largest absolute Gasteiger partial charge is 0.377 e. The Morgan fingerprint density at radius 2 is 2.18 bits per heavy atom. The molecule has 4 heterocycles. The summed E-state index contributed by atoms with van der Waals surface area (Å²) < 4.78 is 7.61. The Kier molecular flexibility index (Phi) is 7.25. The first-order valence-corrected chi connectivity index (χ1v) is 13.1. The van der Waals surface area contributed by atoms with E-state index in [1.807, 2.05) is 52.3 Å². The molecule has 2 atom stereocenters. The predicted molar refractivity (Wildman–Crippen MR) is 132 cm³/mol. The van der Waals surface area contributed by atoms with Gasteiger partial charge in [-0.1, -0.05) is 23.9 Å². The Bertz CT molecular complexity index is 1110. The maximum atomic E-state index is 13.4. The van der Waals surface area contributed by atoms with Gasteiger partial charge in [0.05, 0.1) is 18.3 Å². The number of amides is 1. The Morgan fingerprint density at radius 1 is 1.24 bits per heavy atom. The summed E-state index contributed by atoms with van der Waals surface area (Å²) in [4.78, 5) is 24.8. The van der Waals surface area contributed by atoms with E-state index in [2.05, 4.69) is 17.0 Å². The lowest BCUT2D eigenvalue weighted by Gasteiger charge is -2.33. The third-order valence-electron chi connectivity index (χ3n) is 6.58. The fourth-order valence-electron chi connectivity index (χ4n) is 4.82. The summed E-state index contributed by atoms with van der Waals surface area (Å²) in [7, 11) is 0. The number of hydrogen-bond acceptors (Lipinski definition) is 6. The molecule has 2 fully saturated rings. The van der Waals surface area contributed by atoms with Gasteiger partial charge in [0.15, 0.2) is 5.16 Å². The van der Waals surface area contributed by atoms with Gasteiger partial charge in [0.2, 0.25) is 0 Å². The molecule has 1 aromatic carbocycles. The minimum absolute atomic E-state index is 0.0895. The molecule has 0 spiro atoms. The Balaban J connectivity index is 1.26. The number of benzene rings is 1. The molecule has 8 heteroatoms. The van der Waals surface area contributed by atoms with E-state index < -0.39 is 0 Å². The highest BCUT2D eigenvalue weighted by molar-refractivity contribution is 7.99. The zero-order chi connectivity index (χ0) is 23.3. The van der Waals surface area contributed by atoms with Crippen LogP contribution < -0.4 is 0 Å². The standard InChI is InChI=1S/C26H31N5O2S/c1-19-15-27-26(34-18-23-9-4-13-33-23)29-24(19)22-8-3-11-30(17-22)25(32)21-7-2-6-20(14-21)16-31-12-5-10-28-31/h2,5-7,10,12,14-15,22-23H,3-4,8-9,11,13,16-18H2,1H3/t22-,23+/m0/s1. The molecule has 0 bridgehead atoms. The van der Waals surface area contributed by atoms with Crippen LogP contribution in [0, 0.1) is 6.92 Å². The van der Waals surface area contributed by atoms with Crippen LogP contribution in [0.4, 0.5) is 0 Å². The van der Waals surface area contributed by atoms with Crippen LogP contribution in [0.25, 0.3) is 0 Å². The first kappa shape index (κ1) is 23.1. The molecular weight excluding hydrogens is 446 g/mol. The summed E-state index contributed by atoms with van der Waals surface area (Å²) in [6.07, 6.45) is 10.2. The smallest absolute Gasteiger partial charge is 0.253 e. The van der Waals surface area contributed by atoms with Crippen molar-refractivity contribution in [3.63, 3.8) is 0 Å². The lowest BCUT2D eigenvalue weighted by molar-refractivity contribution is 0.0705. The van der Waals surface area contributed by atoms with Crippen LogP contribution in [0.15, 0.2) is 54.1 Å². The molecular formula is C26H31N5O2S. The molecule has 0 radical (unpaired) electrons. The van der Waals surface area contributed by atoms with Gasteiger partial charge < -0.3 is 9.64 Å². The predicted octanol–water partition coefficient (Wildman–Crippen LogP) is 4.32. The Morgan fingerprint density at radius 3 is 3.00 bits per heavy atom. The van der Waals surface area contributed by atoms with Crippen LogP contribution in [-0.2, 0) is 11.3 Å². The van der Waals surface area contributed by atoms with Gasteiger partial charge in [0.25, 0.3) is 5.91 Å². The summed E-state index contributed by atoms with van der Waals surface area (Å²) in [5.74, 6) is 1.22. The van der Waals surface area contributed by atoms with Crippen LogP contribution >= 0.6 is 11.8 Å². The van der Waals surface area contributed by atoms with Crippen LogP contribution in [0.3, 0.4) is 0 Å². The van der Waals surface area contributed by atoms with Crippen molar-refractivity contribution in [1.29, 1.82) is 0 Å². The van der Waals surface area contributed by atoms with Gasteiger partial charge in [-0.15, -0.1) is 0 Å². The third-order valence-corrected chi connectivity index (χ3v) is 7.58. The first-order chi connectivity index (χ1) is 16.7. The summed E-state index contributed by atoms with van der Waals surface area (Å²) >= 11 is 1.68. The molecule has 1 amide bonds. The molecule has 0 aliphatic carbocycles. The van der Waals surface area contributed by atoms with E-state index in [4.69, 9.17) is 9.72 Å². The molecule has 2 saturated heterocycles. The highest BCUT2D eigenvalue weighted by atomic mass is 32.2. The second kappa shape index (κ2) is 10.7. The third kappa shape index (κ3) is 5.50. The highest BCUT2D eigenvalue weighted by Crippen LogP contribution is 2.30. The average Bonchev–Trinajstić information content (AvgIpc) is 3.58. The van der Waals surface area contributed by atoms with Gasteiger partial charge in [-0.2, -0.15) is 5.10 Å². The normalized spacial score (nSPS) is 20.6. The van der Waals surface area contributed by atoms with Crippen molar-refractivity contribution in [2.24, 2.45) is 0 Å². The minimum Gasteiger partial charge on any atom is -0.377 e. The van der Waals surface area contributed by atoms with Crippen LogP contribution in [-0.4, -0.2) is 62.1 Å². The van der Waals surface area contributed by atoms with E-state index >= 15 is 0 Å². The molecule has 2 aliphatic heterocycles. The van der Waals surface area contributed by atoms with Crippen molar-refractivity contribution in [3.8, 4) is 0 Å². The molecule has 2 aromatic heterocycles. The number of nitrogens with zero attached hydrogens (tertiary/aromatic N) is 5. The number of ether oxygens (including phenoxy) is 1. The van der Waals surface area contributed by atoms with E-state index in [9.17, 15) is 4.79 Å². The molecule has 7 nitrogen and oxygen atoms in total. The van der Waals surface area contributed by atoms with E-state index in [1.165, 1.54) is 0 Å². The van der Waals surface area contributed by atoms with Crippen molar-refractivity contribution < 1.29 is 9.53 Å². The molecule has 0 unspecified atom stereocenters. The maximum Gasteiger partial charge on any atom is 0.253 e. The zero-order valence-electron chi connectivity index (χ0n) is 19.6. The molecule has 2 aliphatic rings. The summed E-state index contributed by atoms with van der Waals surface area (Å²) in [6.45, 7) is 5.06. The fourth-order valence-corrected chi connectivity index (χ4v) is 5.70. The zero-order valence-corrected chi connectivity index (χ0v) is 20.4. The van der Waals surface area contributed by atoms with Crippen molar-refractivity contribution in [2.75, 3.05) is 25.4 Å². The van der Waals surface area contributed by atoms with Crippen molar-refractivity contribution in [1.82, 2.24) is 24.6 Å². The number of piperidine rings is 1. The fraction of sp³-hybridized carbons (Fsp3) is 0.462. The quantitative estimate of drug-likeness (QED) is 0.373. The van der Waals surface area contributed by atoms with Crippen LogP contribution in [0.1, 0.15) is 58.8 Å². The lowest BCUT2D eigenvalue weighted by atomic mass is 9.92. The summed E-state index contributed by atoms with van der Waals surface area (Å²) in [6, 6.07) is 9.80. The topological polar surface area (TPSA) is 73.1 Å². The van der Waals surface area contributed by atoms with Crippen LogP contribution in [0.2, 0.25) is 0 Å². The summed E-state index contributed by atoms with van der Waals surface area (Å²) in [5.41, 5.74) is 3.98. The number of aryl methyl sites for hydroxylation is 1. The number of rotatable bonds is 7. The van der Waals surface area contributed by atoms with E-state index in [0.717, 1.165) is 72.1 Å². The SMILES string of the molecule is Cc1cnc(SC[C@H]2CCCO2)nc1[C@H]1CCCN(C(=O)c2cccc(Cn3cccn3)c2)C1.